The largest absolute Gasteiger partial charge is 0.472 e. The minimum atomic E-state index is -4.58. The smallest absolute Gasteiger partial charge is 0.462 e. The van der Waals surface area contributed by atoms with Gasteiger partial charge in [0.25, 0.3) is 0 Å². The zero-order chi connectivity index (χ0) is 28.5. The van der Waals surface area contributed by atoms with E-state index in [-0.39, 0.29) is 19.4 Å². The highest BCUT2D eigenvalue weighted by molar-refractivity contribution is 7.47. The zero-order valence-electron chi connectivity index (χ0n) is 23.7. The minimum Gasteiger partial charge on any atom is -0.462 e. The van der Waals surface area contributed by atoms with E-state index in [1.807, 2.05) is 0 Å². The van der Waals surface area contributed by atoms with Crippen molar-refractivity contribution in [3.63, 3.8) is 0 Å². The van der Waals surface area contributed by atoms with Gasteiger partial charge < -0.3 is 24.6 Å². The van der Waals surface area contributed by atoms with Crippen LogP contribution in [-0.2, 0) is 32.7 Å². The van der Waals surface area contributed by atoms with Crippen LogP contribution in [0, 0.1) is 0 Å². The first-order valence-electron chi connectivity index (χ1n) is 14.5. The van der Waals surface area contributed by atoms with Crippen molar-refractivity contribution in [2.45, 2.75) is 135 Å². The molecule has 0 fully saturated rings. The number of phosphoric ester groups is 1. The quantitative estimate of drug-likeness (QED) is 0.0649. The Morgan fingerprint density at radius 3 is 1.63 bits per heavy atom. The van der Waals surface area contributed by atoms with Gasteiger partial charge >= 0.3 is 19.8 Å². The summed E-state index contributed by atoms with van der Waals surface area (Å²) >= 11 is 0. The predicted molar refractivity (Wildman–Crippen MR) is 145 cm³/mol. The molecule has 0 aliphatic carbocycles. The van der Waals surface area contributed by atoms with E-state index in [1.54, 1.807) is 0 Å². The first kappa shape index (κ1) is 37.0. The molecule has 11 heteroatoms. The predicted octanol–water partition coefficient (Wildman–Crippen LogP) is 5.60. The molecule has 0 aromatic carbocycles. The Morgan fingerprint density at radius 1 is 0.684 bits per heavy atom. The number of ether oxygens (including phenoxy) is 2. The fourth-order valence-electron chi connectivity index (χ4n) is 3.70. The van der Waals surface area contributed by atoms with Crippen molar-refractivity contribution in [2.24, 2.45) is 0 Å². The first-order chi connectivity index (χ1) is 18.2. The highest BCUT2D eigenvalue weighted by atomic mass is 31.2. The maximum Gasteiger partial charge on any atom is 0.472 e. The van der Waals surface area contributed by atoms with Crippen LogP contribution in [0.4, 0.5) is 0 Å². The van der Waals surface area contributed by atoms with E-state index < -0.39 is 51.8 Å². The van der Waals surface area contributed by atoms with E-state index >= 15 is 0 Å². The Balaban J connectivity index is 4.51. The Kier molecular flexibility index (Phi) is 24.3. The van der Waals surface area contributed by atoms with Gasteiger partial charge in [-0.15, -0.1) is 0 Å². The number of unbranched alkanes of at least 4 members (excludes halogenated alkanes) is 13. The van der Waals surface area contributed by atoms with Gasteiger partial charge in [-0.1, -0.05) is 97.3 Å². The third-order valence-electron chi connectivity index (χ3n) is 6.01. The van der Waals surface area contributed by atoms with Gasteiger partial charge in [0.1, 0.15) is 12.7 Å². The molecular formula is C27H53O10P. The highest BCUT2D eigenvalue weighted by Gasteiger charge is 2.27. The molecule has 3 atom stereocenters. The van der Waals surface area contributed by atoms with Crippen LogP contribution in [-0.4, -0.2) is 65.7 Å². The van der Waals surface area contributed by atoms with Crippen LogP contribution >= 0.6 is 7.82 Å². The molecule has 0 aliphatic heterocycles. The topological polar surface area (TPSA) is 149 Å². The number of hydrogen-bond donors (Lipinski definition) is 3. The number of rotatable bonds is 27. The van der Waals surface area contributed by atoms with Crippen molar-refractivity contribution in [3.8, 4) is 0 Å². The van der Waals surface area contributed by atoms with Crippen molar-refractivity contribution < 1.29 is 47.8 Å². The molecule has 226 valence electrons. The van der Waals surface area contributed by atoms with Crippen LogP contribution in [0.15, 0.2) is 0 Å². The molecule has 0 amide bonds. The van der Waals surface area contributed by atoms with Crippen molar-refractivity contribution in [2.75, 3.05) is 26.4 Å². The fourth-order valence-corrected chi connectivity index (χ4v) is 4.49. The molecule has 0 saturated heterocycles. The Morgan fingerprint density at radius 2 is 1.13 bits per heavy atom. The second kappa shape index (κ2) is 25.0. The molecule has 38 heavy (non-hydrogen) atoms. The molecule has 0 bridgehead atoms. The molecule has 0 aliphatic rings. The molecule has 1 unspecified atom stereocenters. The minimum absolute atomic E-state index is 0.189. The average molecular weight is 569 g/mol. The summed E-state index contributed by atoms with van der Waals surface area (Å²) in [5.74, 6) is -0.937. The van der Waals surface area contributed by atoms with Crippen LogP contribution in [0.25, 0.3) is 0 Å². The van der Waals surface area contributed by atoms with Gasteiger partial charge in [-0.05, 0) is 12.8 Å². The van der Waals surface area contributed by atoms with Crippen LogP contribution in [0.3, 0.4) is 0 Å². The summed E-state index contributed by atoms with van der Waals surface area (Å²) in [7, 11) is -4.58. The van der Waals surface area contributed by atoms with Gasteiger partial charge in [-0.25, -0.2) is 4.57 Å². The van der Waals surface area contributed by atoms with E-state index in [2.05, 4.69) is 18.4 Å². The average Bonchev–Trinajstić information content (AvgIpc) is 2.89. The Hall–Kier alpha value is -1.03. The molecule has 0 spiro atoms. The zero-order valence-corrected chi connectivity index (χ0v) is 24.5. The number of carbonyl (C=O) groups excluding carboxylic acids is 2. The number of phosphoric acid groups is 1. The molecule has 0 heterocycles. The van der Waals surface area contributed by atoms with Gasteiger partial charge in [0.2, 0.25) is 0 Å². The molecule has 0 aromatic heterocycles. The van der Waals surface area contributed by atoms with Crippen LogP contribution < -0.4 is 0 Å². The van der Waals surface area contributed by atoms with E-state index in [0.717, 1.165) is 44.9 Å². The highest BCUT2D eigenvalue weighted by Crippen LogP contribution is 2.43. The van der Waals surface area contributed by atoms with Crippen LogP contribution in [0.2, 0.25) is 0 Å². The number of hydrogen-bond acceptors (Lipinski definition) is 9. The lowest BCUT2D eigenvalue weighted by atomic mass is 10.1. The van der Waals surface area contributed by atoms with E-state index in [0.29, 0.717) is 12.8 Å². The van der Waals surface area contributed by atoms with Gasteiger partial charge in [-0.2, -0.15) is 0 Å². The first-order valence-corrected chi connectivity index (χ1v) is 16.0. The van der Waals surface area contributed by atoms with Gasteiger partial charge in [0.15, 0.2) is 6.10 Å². The number of carbonyl (C=O) groups is 2. The van der Waals surface area contributed by atoms with Crippen molar-refractivity contribution in [1.82, 2.24) is 0 Å². The van der Waals surface area contributed by atoms with E-state index in [1.165, 1.54) is 38.5 Å². The normalized spacial score (nSPS) is 14.6. The lowest BCUT2D eigenvalue weighted by Crippen LogP contribution is -2.29. The molecule has 0 saturated carbocycles. The standard InChI is InChI=1S/C27H53O10P/c1-3-5-7-9-11-12-13-15-17-19-27(31)37-25(23-36-38(32,33)35-21-24(29)20-28)22-34-26(30)18-16-14-10-8-6-4-2/h24-25,28-29H,3-23H2,1-2H3,(H,32,33)/t24-,25+/m0/s1. The number of esters is 2. The lowest BCUT2D eigenvalue weighted by Gasteiger charge is -2.20. The van der Waals surface area contributed by atoms with Crippen LogP contribution in [0.1, 0.15) is 123 Å². The maximum absolute atomic E-state index is 12.3. The summed E-state index contributed by atoms with van der Waals surface area (Å²) in [6.45, 7) is 2.24. The Bertz CT molecular complexity index is 631. The summed E-state index contributed by atoms with van der Waals surface area (Å²) in [6, 6.07) is 0. The number of aliphatic hydroxyl groups is 2. The van der Waals surface area contributed by atoms with Gasteiger partial charge in [0.05, 0.1) is 19.8 Å². The summed E-state index contributed by atoms with van der Waals surface area (Å²) in [5.41, 5.74) is 0. The lowest BCUT2D eigenvalue weighted by molar-refractivity contribution is -0.161. The third kappa shape index (κ3) is 24.0. The van der Waals surface area contributed by atoms with E-state index in [4.69, 9.17) is 19.1 Å². The molecule has 10 nitrogen and oxygen atoms in total. The van der Waals surface area contributed by atoms with Crippen molar-refractivity contribution in [3.05, 3.63) is 0 Å². The summed E-state index contributed by atoms with van der Waals surface area (Å²) < 4.78 is 32.1. The SMILES string of the molecule is CCCCCCCCCCCC(=O)O[C@H](COC(=O)CCCCCCCC)COP(=O)(O)OC[C@@H](O)CO. The summed E-state index contributed by atoms with van der Waals surface area (Å²) in [4.78, 5) is 34.2. The second-order valence-electron chi connectivity index (χ2n) is 9.79. The Labute approximate surface area is 229 Å². The maximum atomic E-state index is 12.3. The van der Waals surface area contributed by atoms with Gasteiger partial charge in [0, 0.05) is 12.8 Å². The molecule has 0 rings (SSSR count). The van der Waals surface area contributed by atoms with Crippen molar-refractivity contribution >= 4 is 19.8 Å². The summed E-state index contributed by atoms with van der Waals surface area (Å²) in [6.07, 6.45) is 14.1. The number of aliphatic hydroxyl groups excluding tert-OH is 2. The molecule has 3 N–H and O–H groups in total. The molecular weight excluding hydrogens is 515 g/mol. The van der Waals surface area contributed by atoms with Gasteiger partial charge in [-0.3, -0.25) is 18.6 Å². The fraction of sp³-hybridized carbons (Fsp3) is 0.926. The third-order valence-corrected chi connectivity index (χ3v) is 6.96. The molecule has 0 aromatic rings. The monoisotopic (exact) mass is 568 g/mol. The van der Waals surface area contributed by atoms with E-state index in [9.17, 15) is 24.2 Å². The molecule has 0 radical (unpaired) electrons. The van der Waals surface area contributed by atoms with Crippen LogP contribution in [0.5, 0.6) is 0 Å². The second-order valence-corrected chi connectivity index (χ2v) is 11.2. The summed E-state index contributed by atoms with van der Waals surface area (Å²) in [5, 5.41) is 18.1. The van der Waals surface area contributed by atoms with Crippen molar-refractivity contribution in [1.29, 1.82) is 0 Å².